The van der Waals surface area contributed by atoms with Crippen molar-refractivity contribution in [2.75, 3.05) is 5.32 Å². The zero-order valence-corrected chi connectivity index (χ0v) is 17.1. The predicted molar refractivity (Wildman–Crippen MR) is 114 cm³/mol. The van der Waals surface area contributed by atoms with Crippen molar-refractivity contribution in [3.05, 3.63) is 63.8 Å². The van der Waals surface area contributed by atoms with E-state index in [0.717, 1.165) is 49.0 Å². The van der Waals surface area contributed by atoms with Gasteiger partial charge in [-0.25, -0.2) is 4.68 Å². The predicted octanol–water partition coefficient (Wildman–Crippen LogP) is 5.06. The molecular formula is C23H22N4OS. The minimum absolute atomic E-state index is 0.212. The van der Waals surface area contributed by atoms with Crippen molar-refractivity contribution in [3.8, 4) is 11.8 Å². The highest BCUT2D eigenvalue weighted by Gasteiger charge is 2.30. The van der Waals surface area contributed by atoms with Crippen molar-refractivity contribution in [1.82, 2.24) is 9.78 Å². The molecule has 1 amide bonds. The summed E-state index contributed by atoms with van der Waals surface area (Å²) in [5.74, 6) is 0.866. The number of carbonyl (C=O) groups is 1. The first-order chi connectivity index (χ1) is 14.1. The average molecular weight is 403 g/mol. The molecule has 2 heterocycles. The Bertz CT molecular complexity index is 1120. The molecule has 0 spiro atoms. The summed E-state index contributed by atoms with van der Waals surface area (Å²) in [4.78, 5) is 14.5. The number of benzene rings is 1. The minimum Gasteiger partial charge on any atom is -0.311 e. The fourth-order valence-electron chi connectivity index (χ4n) is 4.03. The number of nitrogens with zero attached hydrogens (tertiary/aromatic N) is 3. The van der Waals surface area contributed by atoms with E-state index in [2.05, 4.69) is 18.3 Å². The van der Waals surface area contributed by atoms with Crippen LogP contribution in [0.5, 0.6) is 0 Å². The molecule has 0 radical (unpaired) electrons. The van der Waals surface area contributed by atoms with Crippen LogP contribution < -0.4 is 5.32 Å². The number of para-hydroxylation sites is 1. The Morgan fingerprint density at radius 3 is 2.79 bits per heavy atom. The lowest BCUT2D eigenvalue weighted by atomic mass is 9.89. The second-order valence-corrected chi connectivity index (χ2v) is 9.20. The van der Waals surface area contributed by atoms with Gasteiger partial charge in [-0.1, -0.05) is 25.1 Å². The number of nitrogens with one attached hydrogen (secondary N) is 1. The molecule has 1 atom stereocenters. The Morgan fingerprint density at radius 1 is 1.28 bits per heavy atom. The maximum atomic E-state index is 13.2. The van der Waals surface area contributed by atoms with Crippen molar-refractivity contribution in [3.63, 3.8) is 0 Å². The number of hydrogen-bond donors (Lipinski definition) is 1. The van der Waals surface area contributed by atoms with Gasteiger partial charge >= 0.3 is 0 Å². The Morgan fingerprint density at radius 2 is 2.07 bits per heavy atom. The van der Waals surface area contributed by atoms with E-state index in [1.807, 2.05) is 36.4 Å². The third-order valence-corrected chi connectivity index (χ3v) is 6.98. The van der Waals surface area contributed by atoms with Gasteiger partial charge in [-0.2, -0.15) is 10.4 Å². The van der Waals surface area contributed by atoms with Gasteiger partial charge < -0.3 is 5.32 Å². The summed E-state index contributed by atoms with van der Waals surface area (Å²) < 4.78 is 1.73. The highest BCUT2D eigenvalue weighted by atomic mass is 32.1. The van der Waals surface area contributed by atoms with Crippen LogP contribution in [0.15, 0.2) is 36.4 Å². The molecule has 2 aromatic heterocycles. The van der Waals surface area contributed by atoms with Crippen LogP contribution in [0.1, 0.15) is 64.3 Å². The zero-order valence-electron chi connectivity index (χ0n) is 16.3. The summed E-state index contributed by atoms with van der Waals surface area (Å²) in [6.07, 6.45) is 5.25. The third kappa shape index (κ3) is 3.36. The number of amides is 1. The van der Waals surface area contributed by atoms with Crippen LogP contribution in [0, 0.1) is 17.2 Å². The normalized spacial score (nSPS) is 18.1. The monoisotopic (exact) mass is 402 g/mol. The van der Waals surface area contributed by atoms with E-state index >= 15 is 0 Å². The van der Waals surface area contributed by atoms with Gasteiger partial charge in [0.2, 0.25) is 0 Å². The number of hydrogen-bond acceptors (Lipinski definition) is 4. The first-order valence-electron chi connectivity index (χ1n) is 10.2. The first-order valence-corrected chi connectivity index (χ1v) is 11.0. The lowest BCUT2D eigenvalue weighted by molar-refractivity contribution is 0.102. The van der Waals surface area contributed by atoms with E-state index in [1.54, 1.807) is 16.0 Å². The molecule has 3 aromatic rings. The van der Waals surface area contributed by atoms with E-state index in [1.165, 1.54) is 4.88 Å². The third-order valence-electron chi connectivity index (χ3n) is 5.81. The smallest absolute Gasteiger partial charge is 0.275 e. The van der Waals surface area contributed by atoms with E-state index < -0.39 is 0 Å². The number of anilines is 1. The maximum absolute atomic E-state index is 13.2. The fraction of sp³-hybridized carbons (Fsp3) is 0.348. The van der Waals surface area contributed by atoms with Gasteiger partial charge in [0.25, 0.3) is 5.91 Å². The Labute approximate surface area is 174 Å². The quantitative estimate of drug-likeness (QED) is 0.663. The molecule has 5 rings (SSSR count). The molecule has 0 unspecified atom stereocenters. The average Bonchev–Trinajstić information content (AvgIpc) is 3.39. The van der Waals surface area contributed by atoms with Gasteiger partial charge in [0.15, 0.2) is 0 Å². The van der Waals surface area contributed by atoms with Gasteiger partial charge in [0.1, 0.15) is 16.8 Å². The second-order valence-electron chi connectivity index (χ2n) is 8.10. The lowest BCUT2D eigenvalue weighted by Crippen LogP contribution is -2.17. The molecule has 0 aliphatic heterocycles. The molecule has 2 aliphatic rings. The van der Waals surface area contributed by atoms with Crippen LogP contribution in [0.2, 0.25) is 0 Å². The fourth-order valence-corrected chi connectivity index (χ4v) is 5.39. The van der Waals surface area contributed by atoms with Gasteiger partial charge in [0, 0.05) is 10.8 Å². The number of thiophene rings is 1. The van der Waals surface area contributed by atoms with E-state index in [9.17, 15) is 10.1 Å². The summed E-state index contributed by atoms with van der Waals surface area (Å²) >= 11 is 1.56. The summed E-state index contributed by atoms with van der Waals surface area (Å²) in [6.45, 7) is 2.24. The van der Waals surface area contributed by atoms with Crippen LogP contribution in [-0.4, -0.2) is 15.7 Å². The van der Waals surface area contributed by atoms with Crippen molar-refractivity contribution in [2.45, 2.75) is 44.9 Å². The highest BCUT2D eigenvalue weighted by Crippen LogP contribution is 2.41. The number of carbonyl (C=O) groups excluding carboxylic acids is 1. The minimum atomic E-state index is -0.212. The Kier molecular flexibility index (Phi) is 4.48. The molecule has 0 saturated heterocycles. The summed E-state index contributed by atoms with van der Waals surface area (Å²) in [7, 11) is 0. The van der Waals surface area contributed by atoms with Gasteiger partial charge in [-0.15, -0.1) is 11.3 Å². The summed E-state index contributed by atoms with van der Waals surface area (Å²) in [6, 6.07) is 14.0. The molecule has 1 fully saturated rings. The highest BCUT2D eigenvalue weighted by molar-refractivity contribution is 7.16. The van der Waals surface area contributed by atoms with Gasteiger partial charge in [-0.05, 0) is 61.8 Å². The molecule has 6 heteroatoms. The van der Waals surface area contributed by atoms with Crippen molar-refractivity contribution in [1.29, 1.82) is 5.26 Å². The van der Waals surface area contributed by atoms with Crippen molar-refractivity contribution >= 4 is 22.2 Å². The second kappa shape index (κ2) is 7.16. The van der Waals surface area contributed by atoms with E-state index in [-0.39, 0.29) is 5.91 Å². The van der Waals surface area contributed by atoms with Crippen molar-refractivity contribution in [2.24, 2.45) is 5.92 Å². The van der Waals surface area contributed by atoms with Gasteiger partial charge in [0.05, 0.1) is 16.9 Å². The molecule has 1 N–H and O–H groups in total. The molecule has 29 heavy (non-hydrogen) atoms. The van der Waals surface area contributed by atoms with E-state index in [4.69, 9.17) is 5.10 Å². The van der Waals surface area contributed by atoms with Gasteiger partial charge in [-0.3, -0.25) is 4.79 Å². The number of rotatable bonds is 4. The molecule has 5 nitrogen and oxygen atoms in total. The maximum Gasteiger partial charge on any atom is 0.275 e. The molecule has 2 aliphatic carbocycles. The molecule has 0 bridgehead atoms. The summed E-state index contributed by atoms with van der Waals surface area (Å²) in [5.41, 5.74) is 4.12. The largest absolute Gasteiger partial charge is 0.311 e. The van der Waals surface area contributed by atoms with Crippen LogP contribution in [0.3, 0.4) is 0 Å². The Balaban J connectivity index is 1.50. The molecule has 146 valence electrons. The standard InChI is InChI=1S/C23H22N4OS/c1-14-7-10-17-18(13-24)23(29-21(17)11-14)25-22(28)20-12-19(15-8-9-15)26-27(20)16-5-3-2-4-6-16/h2-6,12,14-15H,7-11H2,1H3,(H,25,28)/t14-/m0/s1. The van der Waals surface area contributed by atoms with Crippen LogP contribution in [0.4, 0.5) is 5.00 Å². The number of fused-ring (bicyclic) bond motifs is 1. The zero-order chi connectivity index (χ0) is 20.0. The number of nitriles is 1. The topological polar surface area (TPSA) is 70.7 Å². The SMILES string of the molecule is C[C@H]1CCc2c(sc(NC(=O)c3cc(C4CC4)nn3-c3ccccc3)c2C#N)C1. The van der Waals surface area contributed by atoms with Crippen LogP contribution >= 0.6 is 11.3 Å². The Hall–Kier alpha value is -2.91. The lowest BCUT2D eigenvalue weighted by Gasteiger charge is -2.17. The van der Waals surface area contributed by atoms with E-state index in [0.29, 0.717) is 28.1 Å². The molecular weight excluding hydrogens is 380 g/mol. The van der Waals surface area contributed by atoms with Crippen LogP contribution in [0.25, 0.3) is 5.69 Å². The summed E-state index contributed by atoms with van der Waals surface area (Å²) in [5, 5.41) is 18.1. The van der Waals surface area contributed by atoms with Crippen LogP contribution in [-0.2, 0) is 12.8 Å². The molecule has 1 aromatic carbocycles. The first kappa shape index (κ1) is 18.1. The number of aromatic nitrogens is 2. The molecule has 1 saturated carbocycles. The van der Waals surface area contributed by atoms with Crippen molar-refractivity contribution < 1.29 is 4.79 Å².